The predicted molar refractivity (Wildman–Crippen MR) is 124 cm³/mol. The summed E-state index contributed by atoms with van der Waals surface area (Å²) >= 11 is 0. The maximum Gasteiger partial charge on any atom is 0.345 e. The quantitative estimate of drug-likeness (QED) is 0.360. The zero-order chi connectivity index (χ0) is 25.9. The second kappa shape index (κ2) is 10.2. The van der Waals surface area contributed by atoms with Crippen LogP contribution in [0.2, 0.25) is 0 Å². The molecule has 2 aliphatic rings. The Kier molecular flexibility index (Phi) is 7.04. The maximum absolute atomic E-state index is 13.3. The number of nitrogens with one attached hydrogen (secondary N) is 1. The number of benzene rings is 1. The number of likely N-dealkylation sites (tertiary alicyclic amines) is 2. The van der Waals surface area contributed by atoms with Crippen LogP contribution in [0.1, 0.15) is 50.5 Å². The Bertz CT molecular complexity index is 1180. The van der Waals surface area contributed by atoms with Crippen LogP contribution in [-0.2, 0) is 9.53 Å². The minimum absolute atomic E-state index is 0.0620. The number of rotatable bonds is 6. The van der Waals surface area contributed by atoms with Gasteiger partial charge in [-0.2, -0.15) is 0 Å². The molecule has 2 aliphatic heterocycles. The Morgan fingerprint density at radius 3 is 2.39 bits per heavy atom. The van der Waals surface area contributed by atoms with Crippen LogP contribution in [0.15, 0.2) is 41.0 Å². The Morgan fingerprint density at radius 1 is 1.08 bits per heavy atom. The first-order chi connectivity index (χ1) is 17.2. The molecular formula is C24H26N4O8. The summed E-state index contributed by atoms with van der Waals surface area (Å²) in [4.78, 5) is 64.1. The van der Waals surface area contributed by atoms with E-state index in [1.165, 1.54) is 24.5 Å². The highest BCUT2D eigenvalue weighted by molar-refractivity contribution is 6.08. The van der Waals surface area contributed by atoms with E-state index in [-0.39, 0.29) is 34.8 Å². The van der Waals surface area contributed by atoms with Crippen LogP contribution in [0.4, 0.5) is 5.69 Å². The number of nitrogens with zero attached hydrogens (tertiary/aromatic N) is 3. The zero-order valence-electron chi connectivity index (χ0n) is 19.7. The van der Waals surface area contributed by atoms with Crippen molar-refractivity contribution in [2.45, 2.75) is 19.3 Å². The van der Waals surface area contributed by atoms with Gasteiger partial charge in [-0.25, -0.2) is 4.79 Å². The van der Waals surface area contributed by atoms with Crippen molar-refractivity contribution in [1.82, 2.24) is 15.1 Å². The van der Waals surface area contributed by atoms with Crippen LogP contribution in [0.5, 0.6) is 0 Å². The number of carbonyl (C=O) groups is 4. The highest BCUT2D eigenvalue weighted by atomic mass is 16.6. The molecule has 12 nitrogen and oxygen atoms in total. The lowest BCUT2D eigenvalue weighted by molar-refractivity contribution is -0.385. The first kappa shape index (κ1) is 24.9. The van der Waals surface area contributed by atoms with Crippen LogP contribution >= 0.6 is 0 Å². The molecular weight excluding hydrogens is 472 g/mol. The van der Waals surface area contributed by atoms with E-state index in [9.17, 15) is 29.3 Å². The number of ether oxygens (including phenoxy) is 1. The van der Waals surface area contributed by atoms with E-state index in [0.717, 1.165) is 19.6 Å². The van der Waals surface area contributed by atoms with Gasteiger partial charge in [0, 0.05) is 32.2 Å². The van der Waals surface area contributed by atoms with E-state index >= 15 is 0 Å². The standard InChI is InChI=1S/C24H26N4O8/c1-35-23(32)20-16(4-2-5-17(20)28(33)34)22(31)27-12-9-24(15-27)7-10-26(11-8-24)19(29)14-25-21(30)18-6-3-13-36-18/h2-6,13H,7-12,14-15H2,1H3,(H,25,30). The van der Waals surface area contributed by atoms with E-state index in [1.807, 2.05) is 0 Å². The summed E-state index contributed by atoms with van der Waals surface area (Å²) in [6.07, 6.45) is 3.45. The Morgan fingerprint density at radius 2 is 1.78 bits per heavy atom. The fourth-order valence-corrected chi connectivity index (χ4v) is 4.87. The number of hydrogen-bond donors (Lipinski definition) is 1. The van der Waals surface area contributed by atoms with Gasteiger partial charge in [-0.15, -0.1) is 0 Å². The van der Waals surface area contributed by atoms with Gasteiger partial charge in [-0.05, 0) is 42.9 Å². The lowest BCUT2D eigenvalue weighted by Gasteiger charge is -2.39. The molecule has 1 aromatic heterocycles. The summed E-state index contributed by atoms with van der Waals surface area (Å²) in [6, 6.07) is 7.03. The molecule has 0 radical (unpaired) electrons. The summed E-state index contributed by atoms with van der Waals surface area (Å²) in [7, 11) is 1.11. The van der Waals surface area contributed by atoms with Crippen LogP contribution in [-0.4, -0.2) is 78.2 Å². The minimum Gasteiger partial charge on any atom is -0.465 e. The molecule has 0 bridgehead atoms. The van der Waals surface area contributed by atoms with Gasteiger partial charge in [-0.1, -0.05) is 6.07 Å². The van der Waals surface area contributed by atoms with Crippen molar-refractivity contribution in [3.05, 3.63) is 63.6 Å². The number of nitro groups is 1. The largest absolute Gasteiger partial charge is 0.465 e. The summed E-state index contributed by atoms with van der Waals surface area (Å²) in [6.45, 7) is 1.70. The van der Waals surface area contributed by atoms with Crippen LogP contribution in [0.3, 0.4) is 0 Å². The topological polar surface area (TPSA) is 152 Å². The third kappa shape index (κ3) is 4.92. The molecule has 0 unspecified atom stereocenters. The van der Waals surface area contributed by atoms with Gasteiger partial charge in [-0.3, -0.25) is 24.5 Å². The average molecular weight is 498 g/mol. The van der Waals surface area contributed by atoms with Crippen molar-refractivity contribution in [2.75, 3.05) is 39.8 Å². The molecule has 3 heterocycles. The molecule has 1 aromatic carbocycles. The summed E-state index contributed by atoms with van der Waals surface area (Å²) in [5.74, 6) is -1.93. The number of nitro benzene ring substituents is 1. The summed E-state index contributed by atoms with van der Waals surface area (Å²) in [5, 5.41) is 14.0. The van der Waals surface area contributed by atoms with Crippen molar-refractivity contribution in [2.24, 2.45) is 5.41 Å². The smallest absolute Gasteiger partial charge is 0.345 e. The van der Waals surface area contributed by atoms with Crippen molar-refractivity contribution in [3.63, 3.8) is 0 Å². The molecule has 0 atom stereocenters. The van der Waals surface area contributed by atoms with E-state index in [1.54, 1.807) is 15.9 Å². The average Bonchev–Trinajstić information content (AvgIpc) is 3.57. The van der Waals surface area contributed by atoms with Gasteiger partial charge < -0.3 is 24.3 Å². The third-order valence-corrected chi connectivity index (χ3v) is 6.91. The number of methoxy groups -OCH3 is 1. The van der Waals surface area contributed by atoms with Crippen LogP contribution < -0.4 is 5.32 Å². The summed E-state index contributed by atoms with van der Waals surface area (Å²) in [5.41, 5.74) is -1.08. The van der Waals surface area contributed by atoms with Crippen molar-refractivity contribution in [3.8, 4) is 0 Å². The lowest BCUT2D eigenvalue weighted by Crippen LogP contribution is -2.47. The molecule has 0 aliphatic carbocycles. The van der Waals surface area contributed by atoms with Gasteiger partial charge in [0.25, 0.3) is 17.5 Å². The van der Waals surface area contributed by atoms with E-state index in [2.05, 4.69) is 5.32 Å². The molecule has 12 heteroatoms. The SMILES string of the molecule is COC(=O)c1c(C(=O)N2CCC3(CCN(C(=O)CNC(=O)c4ccco4)CC3)C2)cccc1[N+](=O)[O-]. The van der Waals surface area contributed by atoms with E-state index in [0.29, 0.717) is 39.0 Å². The minimum atomic E-state index is -0.939. The predicted octanol–water partition coefficient (Wildman–Crippen LogP) is 1.86. The van der Waals surface area contributed by atoms with Gasteiger partial charge in [0.15, 0.2) is 5.76 Å². The molecule has 1 spiro atoms. The number of piperidine rings is 1. The Balaban J connectivity index is 1.37. The maximum atomic E-state index is 13.3. The number of esters is 1. The van der Waals surface area contributed by atoms with E-state index in [4.69, 9.17) is 9.15 Å². The summed E-state index contributed by atoms with van der Waals surface area (Å²) < 4.78 is 9.71. The molecule has 190 valence electrons. The van der Waals surface area contributed by atoms with Gasteiger partial charge >= 0.3 is 5.97 Å². The number of furan rings is 1. The molecule has 2 aromatic rings. The third-order valence-electron chi connectivity index (χ3n) is 6.91. The molecule has 2 fully saturated rings. The Hall–Kier alpha value is -4.22. The number of amides is 3. The zero-order valence-corrected chi connectivity index (χ0v) is 19.7. The Labute approximate surface area is 206 Å². The lowest BCUT2D eigenvalue weighted by atomic mass is 9.77. The fourth-order valence-electron chi connectivity index (χ4n) is 4.87. The monoisotopic (exact) mass is 498 g/mol. The molecule has 2 saturated heterocycles. The second-order valence-electron chi connectivity index (χ2n) is 8.97. The second-order valence-corrected chi connectivity index (χ2v) is 8.97. The normalized spacial score (nSPS) is 16.6. The molecule has 3 amide bonds. The fraction of sp³-hybridized carbons (Fsp3) is 0.417. The number of carbonyl (C=O) groups excluding carboxylic acids is 4. The van der Waals surface area contributed by atoms with Crippen molar-refractivity contribution >= 4 is 29.4 Å². The van der Waals surface area contributed by atoms with Crippen molar-refractivity contribution in [1.29, 1.82) is 0 Å². The molecule has 1 N–H and O–H groups in total. The molecule has 0 saturated carbocycles. The highest BCUT2D eigenvalue weighted by Crippen LogP contribution is 2.41. The van der Waals surface area contributed by atoms with E-state index < -0.39 is 28.4 Å². The molecule has 4 rings (SSSR count). The first-order valence-electron chi connectivity index (χ1n) is 11.5. The first-order valence-corrected chi connectivity index (χ1v) is 11.5. The van der Waals surface area contributed by atoms with Crippen LogP contribution in [0, 0.1) is 15.5 Å². The highest BCUT2D eigenvalue weighted by Gasteiger charge is 2.43. The van der Waals surface area contributed by atoms with Gasteiger partial charge in [0.05, 0.1) is 30.4 Å². The van der Waals surface area contributed by atoms with Crippen LogP contribution in [0.25, 0.3) is 0 Å². The number of hydrogen-bond acceptors (Lipinski definition) is 8. The van der Waals surface area contributed by atoms with Gasteiger partial charge in [0.2, 0.25) is 5.91 Å². The molecule has 36 heavy (non-hydrogen) atoms. The van der Waals surface area contributed by atoms with Gasteiger partial charge in [0.1, 0.15) is 5.56 Å². The van der Waals surface area contributed by atoms with Crippen molar-refractivity contribution < 1.29 is 33.3 Å².